The first kappa shape index (κ1) is 24.4. The average molecular weight is 486 g/mol. The average Bonchev–Trinajstić information content (AvgIpc) is 3.12. The summed E-state index contributed by atoms with van der Waals surface area (Å²) in [6, 6.07) is 11.1. The van der Waals surface area contributed by atoms with Crippen molar-refractivity contribution in [2.75, 3.05) is 11.9 Å². The lowest BCUT2D eigenvalue weighted by atomic mass is 9.63. The van der Waals surface area contributed by atoms with Crippen LogP contribution >= 0.6 is 0 Å². The molecule has 1 saturated carbocycles. The zero-order valence-electron chi connectivity index (χ0n) is 22.3. The van der Waals surface area contributed by atoms with Crippen molar-refractivity contribution in [1.82, 2.24) is 9.97 Å². The fourth-order valence-electron chi connectivity index (χ4n) is 6.11. The molecule has 0 spiro atoms. The number of nitrogens with zero attached hydrogens (tertiary/aromatic N) is 2. The zero-order chi connectivity index (χ0) is 26.0. The van der Waals surface area contributed by atoms with Crippen LogP contribution in [0.2, 0.25) is 0 Å². The van der Waals surface area contributed by atoms with Crippen LogP contribution < -0.4 is 5.32 Å². The fourth-order valence-corrected chi connectivity index (χ4v) is 6.11. The molecule has 36 heavy (non-hydrogen) atoms. The molecule has 5 rings (SSSR count). The molecule has 6 heteroatoms. The zero-order valence-corrected chi connectivity index (χ0v) is 22.3. The van der Waals surface area contributed by atoms with Crippen LogP contribution in [0.4, 0.5) is 5.69 Å². The van der Waals surface area contributed by atoms with E-state index >= 15 is 0 Å². The monoisotopic (exact) mass is 485 g/mol. The van der Waals surface area contributed by atoms with Gasteiger partial charge in [-0.25, -0.2) is 14.8 Å². The van der Waals surface area contributed by atoms with Gasteiger partial charge < -0.3 is 10.1 Å². The summed E-state index contributed by atoms with van der Waals surface area (Å²) in [5.41, 5.74) is 5.55. The third-order valence-corrected chi connectivity index (χ3v) is 8.97. The van der Waals surface area contributed by atoms with Crippen molar-refractivity contribution in [2.45, 2.75) is 72.1 Å². The molecule has 2 aromatic carbocycles. The van der Waals surface area contributed by atoms with E-state index in [1.54, 1.807) is 24.3 Å². The topological polar surface area (TPSA) is 81.2 Å². The van der Waals surface area contributed by atoms with Crippen LogP contribution in [0.15, 0.2) is 36.4 Å². The standard InChI is InChI=1S/C30H35N3O3/c1-17(2)16-36-26(34)20-8-10-21(11-9-20)31-27(35)30-13-12-29(7,28(30,5)6)24-25(30)33-23-15-19(4)18(3)14-22(23)32-24/h8-11,14-15,17H,12-13,16H2,1-7H3,(H,31,35). The highest BCUT2D eigenvalue weighted by Gasteiger charge is 2.73. The summed E-state index contributed by atoms with van der Waals surface area (Å²) in [6.45, 7) is 15.1. The van der Waals surface area contributed by atoms with Gasteiger partial charge in [0.25, 0.3) is 0 Å². The molecule has 1 amide bonds. The van der Waals surface area contributed by atoms with E-state index in [2.05, 4.69) is 52.1 Å². The molecule has 188 valence electrons. The largest absolute Gasteiger partial charge is 0.462 e. The summed E-state index contributed by atoms with van der Waals surface area (Å²) in [7, 11) is 0. The lowest BCUT2D eigenvalue weighted by molar-refractivity contribution is -0.125. The van der Waals surface area contributed by atoms with Gasteiger partial charge in [-0.3, -0.25) is 4.79 Å². The Morgan fingerprint density at radius 1 is 0.944 bits per heavy atom. The van der Waals surface area contributed by atoms with Gasteiger partial charge in [0.05, 0.1) is 40.0 Å². The molecule has 1 fully saturated rings. The molecule has 1 N–H and O–H groups in total. The first-order chi connectivity index (χ1) is 16.9. The molecule has 1 heterocycles. The second-order valence-corrected chi connectivity index (χ2v) is 11.7. The summed E-state index contributed by atoms with van der Waals surface area (Å²) in [5, 5.41) is 3.14. The van der Waals surface area contributed by atoms with Crippen molar-refractivity contribution >= 4 is 28.6 Å². The minimum Gasteiger partial charge on any atom is -0.462 e. The molecule has 6 nitrogen and oxygen atoms in total. The van der Waals surface area contributed by atoms with E-state index < -0.39 is 5.41 Å². The third-order valence-electron chi connectivity index (χ3n) is 8.97. The summed E-state index contributed by atoms with van der Waals surface area (Å²) < 4.78 is 5.32. The molecular weight excluding hydrogens is 450 g/mol. The van der Waals surface area contributed by atoms with Gasteiger partial charge in [0, 0.05) is 11.1 Å². The van der Waals surface area contributed by atoms with Gasteiger partial charge in [0.1, 0.15) is 0 Å². The number of carbonyl (C=O) groups excluding carboxylic acids is 2. The summed E-state index contributed by atoms with van der Waals surface area (Å²) in [6.07, 6.45) is 1.60. The van der Waals surface area contributed by atoms with Crippen molar-refractivity contribution in [2.24, 2.45) is 11.3 Å². The number of ether oxygens (including phenoxy) is 1. The highest BCUT2D eigenvalue weighted by atomic mass is 16.5. The van der Waals surface area contributed by atoms with Crippen molar-refractivity contribution in [3.05, 3.63) is 64.5 Å². The van der Waals surface area contributed by atoms with E-state index in [0.29, 0.717) is 17.9 Å². The van der Waals surface area contributed by atoms with Crippen LogP contribution in [0.1, 0.15) is 80.3 Å². The highest BCUT2D eigenvalue weighted by molar-refractivity contribution is 6.02. The molecule has 0 aliphatic heterocycles. The molecule has 0 radical (unpaired) electrons. The number of aryl methyl sites for hydroxylation is 2. The number of fused-ring (bicyclic) bond motifs is 6. The Labute approximate surface area is 212 Å². The number of nitrogens with one attached hydrogen (secondary N) is 1. The number of benzene rings is 2. The molecule has 2 aliphatic rings. The number of hydrogen-bond acceptors (Lipinski definition) is 5. The first-order valence-corrected chi connectivity index (χ1v) is 12.8. The summed E-state index contributed by atoms with van der Waals surface area (Å²) in [5.74, 6) is -0.150. The van der Waals surface area contributed by atoms with Gasteiger partial charge in [-0.1, -0.05) is 34.6 Å². The number of aromatic nitrogens is 2. The maximum atomic E-state index is 14.1. The van der Waals surface area contributed by atoms with Gasteiger partial charge in [-0.15, -0.1) is 0 Å². The minimum atomic E-state index is -0.786. The van der Waals surface area contributed by atoms with Gasteiger partial charge >= 0.3 is 5.97 Å². The van der Waals surface area contributed by atoms with E-state index in [1.807, 2.05) is 13.8 Å². The normalized spacial score (nSPS) is 23.7. The van der Waals surface area contributed by atoms with Crippen molar-refractivity contribution in [1.29, 1.82) is 0 Å². The maximum Gasteiger partial charge on any atom is 0.338 e. The summed E-state index contributed by atoms with van der Waals surface area (Å²) >= 11 is 0. The molecule has 2 bridgehead atoms. The van der Waals surface area contributed by atoms with Crippen LogP contribution in [-0.2, 0) is 20.4 Å². The predicted octanol–water partition coefficient (Wildman–Crippen LogP) is 6.03. The van der Waals surface area contributed by atoms with E-state index in [-0.39, 0.29) is 28.6 Å². The number of rotatable bonds is 5. The molecule has 1 aromatic heterocycles. The number of esters is 1. The Hall–Kier alpha value is -3.28. The van der Waals surface area contributed by atoms with E-state index in [4.69, 9.17) is 14.7 Å². The second-order valence-electron chi connectivity index (χ2n) is 11.7. The maximum absolute atomic E-state index is 14.1. The van der Waals surface area contributed by atoms with Gasteiger partial charge in [-0.05, 0) is 85.5 Å². The van der Waals surface area contributed by atoms with Crippen LogP contribution in [-0.4, -0.2) is 28.5 Å². The SMILES string of the molecule is Cc1cc2nc3c(nc2cc1C)C1(C(=O)Nc2ccc(C(=O)OCC(C)C)cc2)CCC3(C)C1(C)C. The Bertz CT molecular complexity index is 1390. The lowest BCUT2D eigenvalue weighted by Crippen LogP contribution is -2.48. The van der Waals surface area contributed by atoms with Crippen molar-refractivity contribution < 1.29 is 14.3 Å². The number of anilines is 1. The third kappa shape index (κ3) is 3.30. The van der Waals surface area contributed by atoms with Crippen LogP contribution in [0.25, 0.3) is 11.0 Å². The lowest BCUT2D eigenvalue weighted by Gasteiger charge is -2.39. The minimum absolute atomic E-state index is 0.0670. The Balaban J connectivity index is 1.50. The van der Waals surface area contributed by atoms with Crippen LogP contribution in [0.3, 0.4) is 0 Å². The molecule has 3 aromatic rings. The van der Waals surface area contributed by atoms with Gasteiger partial charge in [0.15, 0.2) is 0 Å². The van der Waals surface area contributed by atoms with Crippen LogP contribution in [0, 0.1) is 25.2 Å². The van der Waals surface area contributed by atoms with Crippen molar-refractivity contribution in [3.8, 4) is 0 Å². The Morgan fingerprint density at radius 2 is 1.53 bits per heavy atom. The Morgan fingerprint density at radius 3 is 2.11 bits per heavy atom. The second kappa shape index (κ2) is 8.12. The predicted molar refractivity (Wildman–Crippen MR) is 141 cm³/mol. The molecule has 2 atom stereocenters. The number of hydrogen-bond donors (Lipinski definition) is 1. The van der Waals surface area contributed by atoms with Gasteiger partial charge in [0.2, 0.25) is 5.91 Å². The van der Waals surface area contributed by atoms with E-state index in [1.165, 1.54) is 5.56 Å². The Kier molecular flexibility index (Phi) is 5.51. The van der Waals surface area contributed by atoms with E-state index in [0.717, 1.165) is 40.8 Å². The number of amides is 1. The highest BCUT2D eigenvalue weighted by Crippen LogP contribution is 2.70. The smallest absolute Gasteiger partial charge is 0.338 e. The molecule has 2 unspecified atom stereocenters. The van der Waals surface area contributed by atoms with Crippen LogP contribution in [0.5, 0.6) is 0 Å². The van der Waals surface area contributed by atoms with Crippen molar-refractivity contribution in [3.63, 3.8) is 0 Å². The molecule has 2 aliphatic carbocycles. The fraction of sp³-hybridized carbons (Fsp3) is 0.467. The number of carbonyl (C=O) groups is 2. The first-order valence-electron chi connectivity index (χ1n) is 12.8. The quantitative estimate of drug-likeness (QED) is 0.447. The molecule has 0 saturated heterocycles. The summed E-state index contributed by atoms with van der Waals surface area (Å²) in [4.78, 5) is 36.6. The van der Waals surface area contributed by atoms with E-state index in [9.17, 15) is 9.59 Å². The van der Waals surface area contributed by atoms with Gasteiger partial charge in [-0.2, -0.15) is 0 Å². The molecular formula is C30H35N3O3.